The maximum Gasteiger partial charge on any atom is 0.414 e. The highest BCUT2D eigenvalue weighted by molar-refractivity contribution is 6.37. The summed E-state index contributed by atoms with van der Waals surface area (Å²) in [6.07, 6.45) is -1.12. The van der Waals surface area contributed by atoms with Gasteiger partial charge in [-0.25, -0.2) is 9.80 Å². The number of methoxy groups -OCH3 is 1. The van der Waals surface area contributed by atoms with Crippen molar-refractivity contribution in [3.8, 4) is 5.75 Å². The molecule has 0 radical (unpaired) electrons. The molecule has 2 aromatic carbocycles. The van der Waals surface area contributed by atoms with Gasteiger partial charge >= 0.3 is 29.7 Å². The third kappa shape index (κ3) is 8.72. The summed E-state index contributed by atoms with van der Waals surface area (Å²) in [6.45, 7) is 4.43. The summed E-state index contributed by atoms with van der Waals surface area (Å²) >= 11 is 0. The Morgan fingerprint density at radius 1 is 0.861 bits per heavy atom. The smallest absolute Gasteiger partial charge is 0.414 e. The highest BCUT2D eigenvalue weighted by atomic mass is 16.6. The highest BCUT2D eigenvalue weighted by Crippen LogP contribution is 2.15. The van der Waals surface area contributed by atoms with Crippen molar-refractivity contribution in [3.63, 3.8) is 0 Å². The number of alkyl carbamates (subject to hydrolysis) is 1. The van der Waals surface area contributed by atoms with E-state index in [1.54, 1.807) is 75.4 Å². The molecule has 2 rings (SSSR count). The Morgan fingerprint density at radius 2 is 1.44 bits per heavy atom. The molecule has 192 valence electrons. The van der Waals surface area contributed by atoms with Crippen LogP contribution in [0.4, 0.5) is 4.79 Å². The van der Waals surface area contributed by atoms with E-state index in [4.69, 9.17) is 15.2 Å². The predicted octanol–water partition coefficient (Wildman–Crippen LogP) is 1.01. The minimum Gasteiger partial charge on any atom is -0.497 e. The van der Waals surface area contributed by atoms with Gasteiger partial charge in [-0.1, -0.05) is 42.5 Å². The summed E-state index contributed by atoms with van der Waals surface area (Å²) in [5, 5.41) is 3.72. The zero-order chi connectivity index (χ0) is 26.9. The Hall–Kier alpha value is -4.45. The number of nitrogens with two attached hydrogens (primary N) is 1. The van der Waals surface area contributed by atoms with Crippen molar-refractivity contribution < 1.29 is 33.4 Å². The molecular weight excluding hydrogens is 470 g/mol. The van der Waals surface area contributed by atoms with Crippen LogP contribution >= 0.6 is 0 Å². The number of hydrogen-bond donors (Lipinski definition) is 3. The lowest BCUT2D eigenvalue weighted by Gasteiger charge is -2.34. The van der Waals surface area contributed by atoms with Gasteiger partial charge in [0.2, 0.25) is 0 Å². The molecule has 0 fully saturated rings. The van der Waals surface area contributed by atoms with Gasteiger partial charge in [0.25, 0.3) is 0 Å². The zero-order valence-electron chi connectivity index (χ0n) is 20.4. The van der Waals surface area contributed by atoms with E-state index in [0.717, 1.165) is 10.1 Å². The van der Waals surface area contributed by atoms with Crippen LogP contribution < -0.4 is 21.2 Å². The largest absolute Gasteiger partial charge is 0.497 e. The van der Waals surface area contributed by atoms with E-state index < -0.39 is 35.3 Å². The van der Waals surface area contributed by atoms with Gasteiger partial charge < -0.3 is 15.2 Å². The fraction of sp³-hybridized carbons (Fsp3) is 0.292. The molecule has 12 heteroatoms. The van der Waals surface area contributed by atoms with Crippen molar-refractivity contribution in [2.45, 2.75) is 39.5 Å². The van der Waals surface area contributed by atoms with Gasteiger partial charge in [0.15, 0.2) is 0 Å². The number of carbonyl (C=O) groups excluding carboxylic acids is 5. The Labute approximate surface area is 208 Å². The van der Waals surface area contributed by atoms with Gasteiger partial charge in [-0.05, 0) is 44.0 Å². The second-order valence-electron chi connectivity index (χ2n) is 8.52. The number of hydrogen-bond acceptors (Lipinski definition) is 8. The molecule has 0 atom stereocenters. The first kappa shape index (κ1) is 27.8. The van der Waals surface area contributed by atoms with Crippen LogP contribution in [-0.2, 0) is 37.0 Å². The molecule has 0 aliphatic rings. The fourth-order valence-electron chi connectivity index (χ4n) is 2.85. The number of ether oxygens (including phenoxy) is 2. The van der Waals surface area contributed by atoms with Crippen molar-refractivity contribution in [2.24, 2.45) is 5.73 Å². The molecule has 5 amide bonds. The van der Waals surface area contributed by atoms with Gasteiger partial charge in [0.05, 0.1) is 20.2 Å². The lowest BCUT2D eigenvalue weighted by Crippen LogP contribution is -2.59. The van der Waals surface area contributed by atoms with E-state index in [9.17, 15) is 24.0 Å². The summed E-state index contributed by atoms with van der Waals surface area (Å²) in [6, 6.07) is 15.2. The number of hydrazine groups is 2. The van der Waals surface area contributed by atoms with Crippen LogP contribution in [0.15, 0.2) is 54.6 Å². The molecule has 12 nitrogen and oxygen atoms in total. The van der Waals surface area contributed by atoms with Gasteiger partial charge in [0.1, 0.15) is 11.4 Å². The minimum atomic E-state index is -1.31. The number of rotatable bonds is 7. The standard InChI is InChI=1S/C24H29N5O7/c1-24(2,3)36-23(34)26-21(32)22(33)28(14-16-8-6-5-7-9-16)29(27-20(31)19(25)30)15-17-10-12-18(35-4)13-11-17/h5-13H,14-15H2,1-4H3,(H2,25,30)(H,27,31)(H,26,32,34). The van der Waals surface area contributed by atoms with E-state index in [-0.39, 0.29) is 13.1 Å². The van der Waals surface area contributed by atoms with Gasteiger partial charge in [-0.3, -0.25) is 29.9 Å². The lowest BCUT2D eigenvalue weighted by molar-refractivity contribution is -0.170. The maximum absolute atomic E-state index is 13.2. The first-order chi connectivity index (χ1) is 16.9. The van der Waals surface area contributed by atoms with E-state index in [1.807, 2.05) is 5.32 Å². The SMILES string of the molecule is COc1ccc(CN(NC(=O)C(N)=O)N(Cc2ccccc2)C(=O)C(=O)NC(=O)OC(C)(C)C)cc1. The summed E-state index contributed by atoms with van der Waals surface area (Å²) in [5.74, 6) is -4.47. The highest BCUT2D eigenvalue weighted by Gasteiger charge is 2.32. The summed E-state index contributed by atoms with van der Waals surface area (Å²) in [5.41, 5.74) is 7.59. The Balaban J connectivity index is 2.40. The Kier molecular flexibility index (Phi) is 9.50. The third-order valence-corrected chi connectivity index (χ3v) is 4.46. The number of primary amides is 1. The van der Waals surface area contributed by atoms with Crippen LogP contribution in [0.1, 0.15) is 31.9 Å². The third-order valence-electron chi connectivity index (χ3n) is 4.46. The fourth-order valence-corrected chi connectivity index (χ4v) is 2.85. The number of imide groups is 1. The van der Waals surface area contributed by atoms with E-state index in [2.05, 4.69) is 5.43 Å². The second-order valence-corrected chi connectivity index (χ2v) is 8.52. The zero-order valence-corrected chi connectivity index (χ0v) is 20.4. The Morgan fingerprint density at radius 3 is 1.97 bits per heavy atom. The molecule has 2 aromatic rings. The molecule has 0 aliphatic heterocycles. The predicted molar refractivity (Wildman–Crippen MR) is 127 cm³/mol. The second kappa shape index (κ2) is 12.3. The first-order valence-corrected chi connectivity index (χ1v) is 10.8. The molecular formula is C24H29N5O7. The molecule has 0 aliphatic carbocycles. The van der Waals surface area contributed by atoms with Crippen molar-refractivity contribution in [1.29, 1.82) is 0 Å². The van der Waals surface area contributed by atoms with Crippen LogP contribution in [0.5, 0.6) is 5.75 Å². The van der Waals surface area contributed by atoms with E-state index in [1.165, 1.54) is 7.11 Å². The lowest BCUT2D eigenvalue weighted by atomic mass is 10.2. The van der Waals surface area contributed by atoms with Gasteiger partial charge in [-0.2, -0.15) is 0 Å². The molecule has 0 spiro atoms. The Bertz CT molecular complexity index is 1100. The number of nitrogens with one attached hydrogen (secondary N) is 2. The first-order valence-electron chi connectivity index (χ1n) is 10.8. The molecule has 4 N–H and O–H groups in total. The summed E-state index contributed by atoms with van der Waals surface area (Å²) in [7, 11) is 1.50. The molecule has 0 bridgehead atoms. The van der Waals surface area contributed by atoms with Crippen molar-refractivity contribution in [2.75, 3.05) is 7.11 Å². The summed E-state index contributed by atoms with van der Waals surface area (Å²) < 4.78 is 10.2. The molecule has 36 heavy (non-hydrogen) atoms. The molecule has 0 saturated heterocycles. The molecule has 0 heterocycles. The monoisotopic (exact) mass is 499 g/mol. The molecule has 0 saturated carbocycles. The maximum atomic E-state index is 13.2. The van der Waals surface area contributed by atoms with Crippen LogP contribution in [0.2, 0.25) is 0 Å². The van der Waals surface area contributed by atoms with E-state index in [0.29, 0.717) is 16.9 Å². The number of carbonyl (C=O) groups is 5. The average molecular weight is 500 g/mol. The van der Waals surface area contributed by atoms with Gasteiger partial charge in [-0.15, -0.1) is 5.12 Å². The minimum absolute atomic E-state index is 0.151. The van der Waals surface area contributed by atoms with Crippen LogP contribution in [-0.4, -0.2) is 52.6 Å². The van der Waals surface area contributed by atoms with Crippen LogP contribution in [0.25, 0.3) is 0 Å². The average Bonchev–Trinajstić information content (AvgIpc) is 2.81. The van der Waals surface area contributed by atoms with Crippen molar-refractivity contribution in [3.05, 3.63) is 65.7 Å². The van der Waals surface area contributed by atoms with Gasteiger partial charge in [0, 0.05) is 0 Å². The number of nitrogens with zero attached hydrogens (tertiary/aromatic N) is 2. The van der Waals surface area contributed by atoms with Crippen molar-refractivity contribution in [1.82, 2.24) is 20.9 Å². The number of benzene rings is 2. The van der Waals surface area contributed by atoms with E-state index >= 15 is 0 Å². The topological polar surface area (TPSA) is 160 Å². The van der Waals surface area contributed by atoms with Crippen LogP contribution in [0.3, 0.4) is 0 Å². The van der Waals surface area contributed by atoms with Crippen molar-refractivity contribution >= 4 is 29.7 Å². The van der Waals surface area contributed by atoms with Crippen LogP contribution in [0, 0.1) is 0 Å². The normalized spacial score (nSPS) is 10.8. The summed E-state index contributed by atoms with van der Waals surface area (Å²) in [4.78, 5) is 61.6. The molecule has 0 aromatic heterocycles. The quantitative estimate of drug-likeness (QED) is 0.376. The molecule has 0 unspecified atom stereocenters. The number of amides is 5.